The number of hydrogen-bond donors (Lipinski definition) is 2. The fourth-order valence-corrected chi connectivity index (χ4v) is 2.59. The van der Waals surface area contributed by atoms with Gasteiger partial charge in [-0.1, -0.05) is 21.6 Å². The molecule has 0 saturated heterocycles. The Hall–Kier alpha value is 3.85. The minimum Gasteiger partial charge on any atom is -0.780 e. The molecule has 2 atom stereocenters. The van der Waals surface area contributed by atoms with Gasteiger partial charge in [0, 0.05) is 11.5 Å². The molecule has 0 radical (unpaired) electrons. The molecule has 0 aromatic carbocycles. The first-order chi connectivity index (χ1) is 8.45. The molecule has 23 heavy (non-hydrogen) atoms. The van der Waals surface area contributed by atoms with Crippen molar-refractivity contribution in [1.29, 1.82) is 0 Å². The van der Waals surface area contributed by atoms with E-state index in [1.807, 2.05) is 0 Å². The van der Waals surface area contributed by atoms with Crippen LogP contribution in [-0.2, 0) is 29.8 Å². The third kappa shape index (κ3) is 41.4. The first-order valence-electron chi connectivity index (χ1n) is 4.29. The van der Waals surface area contributed by atoms with Gasteiger partial charge in [-0.25, -0.2) is 0 Å². The Morgan fingerprint density at radius 3 is 1.22 bits per heavy atom. The van der Waals surface area contributed by atoms with Gasteiger partial charge in [0.25, 0.3) is 0 Å². The largest absolute Gasteiger partial charge is 1.00 e. The third-order valence-electron chi connectivity index (χ3n) is 1.18. The van der Waals surface area contributed by atoms with Gasteiger partial charge in [-0.2, -0.15) is 0 Å². The second kappa shape index (κ2) is 23.9. The molecule has 0 fully saturated rings. The molecule has 1 unspecified atom stereocenters. The summed E-state index contributed by atoms with van der Waals surface area (Å²) in [5, 5.41) is 20.3. The Bertz CT molecular complexity index is 372. The molecular formula is C6H10N2Na4O7S4. The Labute approximate surface area is 235 Å². The van der Waals surface area contributed by atoms with Crippen molar-refractivity contribution >= 4 is 53.8 Å². The van der Waals surface area contributed by atoms with Gasteiger partial charge >= 0.3 is 118 Å². The summed E-state index contributed by atoms with van der Waals surface area (Å²) < 4.78 is 26.7. The van der Waals surface area contributed by atoms with Gasteiger partial charge in [-0.3, -0.25) is 4.21 Å². The number of nitrogens with two attached hydrogens (primary N) is 2. The van der Waals surface area contributed by atoms with Crippen molar-refractivity contribution in [3.8, 4) is 0 Å². The maximum atomic E-state index is 10.1. The smallest absolute Gasteiger partial charge is 0.780 e. The molecule has 0 spiro atoms. The summed E-state index contributed by atoms with van der Waals surface area (Å²) in [5.74, 6) is -2.37. The van der Waals surface area contributed by atoms with Crippen LogP contribution >= 0.6 is 21.6 Å². The van der Waals surface area contributed by atoms with Crippen molar-refractivity contribution in [2.24, 2.45) is 11.5 Å². The first kappa shape index (κ1) is 41.3. The molecule has 9 nitrogen and oxygen atoms in total. The van der Waals surface area contributed by atoms with E-state index in [9.17, 15) is 19.8 Å². The van der Waals surface area contributed by atoms with E-state index in [4.69, 9.17) is 24.8 Å². The van der Waals surface area contributed by atoms with Crippen LogP contribution in [0, 0.1) is 0 Å². The number of carboxylic acid groups (broad SMARTS) is 2. The van der Waals surface area contributed by atoms with Crippen molar-refractivity contribution in [2.45, 2.75) is 12.1 Å². The van der Waals surface area contributed by atoms with Crippen molar-refractivity contribution in [3.63, 3.8) is 0 Å². The second-order valence-electron chi connectivity index (χ2n) is 2.83. The van der Waals surface area contributed by atoms with Crippen molar-refractivity contribution in [3.05, 3.63) is 0 Å². The minimum absolute atomic E-state index is 0. The Morgan fingerprint density at radius 2 is 1.09 bits per heavy atom. The predicted molar refractivity (Wildman–Crippen MR) is 67.9 cm³/mol. The minimum atomic E-state index is -4.33. The normalized spacial score (nSPS) is 11.5. The molecule has 0 rings (SSSR count). The molecule has 0 saturated carbocycles. The Kier molecular flexibility index (Phi) is 42.9. The van der Waals surface area contributed by atoms with Crippen LogP contribution in [0.5, 0.6) is 0 Å². The van der Waals surface area contributed by atoms with Crippen molar-refractivity contribution < 1.29 is 151 Å². The molecule has 17 heteroatoms. The maximum absolute atomic E-state index is 10.1. The Morgan fingerprint density at radius 1 is 0.913 bits per heavy atom. The number of carboxylic acids is 2. The van der Waals surface area contributed by atoms with E-state index < -0.39 is 33.1 Å². The number of hydrogen-bond acceptors (Lipinski definition) is 12. The zero-order valence-electron chi connectivity index (χ0n) is 13.2. The van der Waals surface area contributed by atoms with E-state index in [1.165, 1.54) is 0 Å². The zero-order chi connectivity index (χ0) is 15.6. The fraction of sp³-hybridized carbons (Fsp3) is 0.667. The van der Waals surface area contributed by atoms with Crippen LogP contribution < -0.4 is 140 Å². The number of aliphatic carboxylic acids is 2. The van der Waals surface area contributed by atoms with E-state index >= 15 is 0 Å². The van der Waals surface area contributed by atoms with Crippen LogP contribution in [0.3, 0.4) is 0 Å². The molecule has 0 aliphatic carbocycles. The van der Waals surface area contributed by atoms with Crippen LogP contribution in [0.1, 0.15) is 0 Å². The standard InChI is InChI=1S/C6H12N2O4S2.4Na.H2O3S2/c7-3(5(9)10)1-13-14-2-4(8)6(11)12;;;;;1-5(2,3)4/h3-4H,1-2,7-8H2,(H,9,10)(H,11,12);;;;;(H2,1,2,3,4)/q;4*+1;/p-4/t3-,4?;;;;;/m0...../s1. The zero-order valence-corrected chi connectivity index (χ0v) is 24.5. The van der Waals surface area contributed by atoms with Gasteiger partial charge in [-0.15, -0.1) is 9.05 Å². The maximum Gasteiger partial charge on any atom is 1.00 e. The van der Waals surface area contributed by atoms with Crippen molar-refractivity contribution in [1.82, 2.24) is 0 Å². The van der Waals surface area contributed by atoms with Crippen LogP contribution in [-0.4, -0.2) is 48.8 Å². The summed E-state index contributed by atoms with van der Waals surface area (Å²) in [6.45, 7) is 0. The number of carbonyl (C=O) groups is 2. The second-order valence-corrected chi connectivity index (χ2v) is 7.42. The SMILES string of the molecule is NC(CSSC[C@H](N)C(=O)[O-])C(=O)[O-].O=S([O-])([O-])=S.[Na+].[Na+].[Na+].[Na+]. The van der Waals surface area contributed by atoms with Crippen LogP contribution in [0.15, 0.2) is 0 Å². The van der Waals surface area contributed by atoms with E-state index in [2.05, 4.69) is 11.2 Å². The summed E-state index contributed by atoms with van der Waals surface area (Å²) in [6.07, 6.45) is 0. The predicted octanol–water partition coefficient (Wildman–Crippen LogP) is -16.5. The summed E-state index contributed by atoms with van der Waals surface area (Å²) >= 11 is 3.24. The van der Waals surface area contributed by atoms with Crippen LogP contribution in [0.4, 0.5) is 0 Å². The monoisotopic (exact) mass is 442 g/mol. The molecule has 0 aliphatic heterocycles. The van der Waals surface area contributed by atoms with Gasteiger partial charge in [-0.05, 0) is 11.2 Å². The number of carbonyl (C=O) groups excluding carboxylic acids is 2. The molecule has 0 aliphatic rings. The summed E-state index contributed by atoms with van der Waals surface area (Å²) in [7, 11) is -2.06. The average molecular weight is 442 g/mol. The average Bonchev–Trinajstić information content (AvgIpc) is 2.20. The quantitative estimate of drug-likeness (QED) is 0.215. The molecule has 0 heterocycles. The molecule has 0 aromatic heterocycles. The van der Waals surface area contributed by atoms with E-state index in [0.29, 0.717) is 0 Å². The van der Waals surface area contributed by atoms with Gasteiger partial charge in [0.2, 0.25) is 0 Å². The molecule has 0 amide bonds. The molecule has 0 bridgehead atoms. The summed E-state index contributed by atoms with van der Waals surface area (Å²) in [4.78, 5) is 20.3. The van der Waals surface area contributed by atoms with Crippen LogP contribution in [0.25, 0.3) is 0 Å². The molecule has 114 valence electrons. The third-order valence-corrected chi connectivity index (χ3v) is 3.66. The summed E-state index contributed by atoms with van der Waals surface area (Å²) in [5.41, 5.74) is 10.3. The first-order valence-corrected chi connectivity index (χ1v) is 9.11. The van der Waals surface area contributed by atoms with Gasteiger partial charge in [0.15, 0.2) is 0 Å². The summed E-state index contributed by atoms with van der Waals surface area (Å²) in [6, 6.07) is -2.10. The molecule has 0 aromatic rings. The van der Waals surface area contributed by atoms with E-state index in [0.717, 1.165) is 21.6 Å². The fourth-order valence-electron chi connectivity index (χ4n) is 0.379. The van der Waals surface area contributed by atoms with Gasteiger partial charge < -0.3 is 40.4 Å². The molecular weight excluding hydrogens is 432 g/mol. The number of rotatable bonds is 7. The molecule has 4 N–H and O–H groups in total. The van der Waals surface area contributed by atoms with Gasteiger partial charge in [0.05, 0.1) is 24.0 Å². The topological polar surface area (TPSA) is 195 Å². The van der Waals surface area contributed by atoms with Gasteiger partial charge in [0.1, 0.15) is 0 Å². The Balaban J connectivity index is -0.0000000708. The van der Waals surface area contributed by atoms with E-state index in [-0.39, 0.29) is 130 Å². The van der Waals surface area contributed by atoms with Crippen LogP contribution in [0.2, 0.25) is 0 Å². The van der Waals surface area contributed by atoms with Crippen molar-refractivity contribution in [2.75, 3.05) is 11.5 Å². The van der Waals surface area contributed by atoms with E-state index in [1.54, 1.807) is 0 Å².